The van der Waals surface area contributed by atoms with Crippen molar-refractivity contribution in [2.75, 3.05) is 0 Å². The number of carbonyl (C=O) groups is 1. The standard InChI is InChI=1S/C14H20N2O2/c1-2-13(17)16-11-6-8-12(9-7-11)18-14-5-3-4-10-15-14/h3-5,10-12H,2,6-9H2,1H3,(H,16,17). The van der Waals surface area contributed by atoms with Crippen LogP contribution >= 0.6 is 0 Å². The molecule has 0 spiro atoms. The lowest BCUT2D eigenvalue weighted by Crippen LogP contribution is -2.39. The van der Waals surface area contributed by atoms with E-state index in [-0.39, 0.29) is 12.0 Å². The van der Waals surface area contributed by atoms with E-state index in [2.05, 4.69) is 10.3 Å². The molecule has 98 valence electrons. The maximum Gasteiger partial charge on any atom is 0.219 e. The summed E-state index contributed by atoms with van der Waals surface area (Å²) < 4.78 is 5.81. The molecule has 0 bridgehead atoms. The highest BCUT2D eigenvalue weighted by Crippen LogP contribution is 2.22. The van der Waals surface area contributed by atoms with E-state index >= 15 is 0 Å². The van der Waals surface area contributed by atoms with Gasteiger partial charge in [0.05, 0.1) is 0 Å². The smallest absolute Gasteiger partial charge is 0.219 e. The van der Waals surface area contributed by atoms with Crippen LogP contribution in [0.4, 0.5) is 0 Å². The summed E-state index contributed by atoms with van der Waals surface area (Å²) in [5, 5.41) is 3.04. The summed E-state index contributed by atoms with van der Waals surface area (Å²) in [5.41, 5.74) is 0. The number of amides is 1. The van der Waals surface area contributed by atoms with E-state index < -0.39 is 0 Å². The average Bonchev–Trinajstić information content (AvgIpc) is 2.42. The fourth-order valence-corrected chi connectivity index (χ4v) is 2.24. The van der Waals surface area contributed by atoms with Gasteiger partial charge in [-0.25, -0.2) is 4.98 Å². The van der Waals surface area contributed by atoms with E-state index in [9.17, 15) is 4.79 Å². The second-order valence-corrected chi connectivity index (χ2v) is 4.68. The van der Waals surface area contributed by atoms with Crippen LogP contribution in [0.15, 0.2) is 24.4 Å². The van der Waals surface area contributed by atoms with Crippen LogP contribution in [0.25, 0.3) is 0 Å². The summed E-state index contributed by atoms with van der Waals surface area (Å²) in [4.78, 5) is 15.5. The minimum absolute atomic E-state index is 0.143. The lowest BCUT2D eigenvalue weighted by molar-refractivity contribution is -0.121. The van der Waals surface area contributed by atoms with Gasteiger partial charge in [-0.2, -0.15) is 0 Å². The highest BCUT2D eigenvalue weighted by molar-refractivity contribution is 5.75. The Hall–Kier alpha value is -1.58. The summed E-state index contributed by atoms with van der Waals surface area (Å²) in [5.74, 6) is 0.836. The van der Waals surface area contributed by atoms with Crippen molar-refractivity contribution in [2.45, 2.75) is 51.2 Å². The van der Waals surface area contributed by atoms with Crippen molar-refractivity contribution in [1.82, 2.24) is 10.3 Å². The number of aromatic nitrogens is 1. The zero-order valence-electron chi connectivity index (χ0n) is 10.8. The molecule has 2 rings (SSSR count). The SMILES string of the molecule is CCC(=O)NC1CCC(Oc2ccccn2)CC1. The number of pyridine rings is 1. The minimum Gasteiger partial charge on any atom is -0.474 e. The number of nitrogens with zero attached hydrogens (tertiary/aromatic N) is 1. The van der Waals surface area contributed by atoms with E-state index in [4.69, 9.17) is 4.74 Å². The van der Waals surface area contributed by atoms with Gasteiger partial charge < -0.3 is 10.1 Å². The molecule has 1 aromatic heterocycles. The highest BCUT2D eigenvalue weighted by atomic mass is 16.5. The molecule has 0 saturated heterocycles. The quantitative estimate of drug-likeness (QED) is 0.889. The van der Waals surface area contributed by atoms with E-state index in [1.165, 1.54) is 0 Å². The lowest BCUT2D eigenvalue weighted by atomic mass is 9.93. The van der Waals surface area contributed by atoms with Crippen molar-refractivity contribution in [2.24, 2.45) is 0 Å². The minimum atomic E-state index is 0.143. The van der Waals surface area contributed by atoms with Crippen molar-refractivity contribution < 1.29 is 9.53 Å². The van der Waals surface area contributed by atoms with Gasteiger partial charge in [-0.3, -0.25) is 4.79 Å². The first-order valence-corrected chi connectivity index (χ1v) is 6.65. The summed E-state index contributed by atoms with van der Waals surface area (Å²) in [7, 11) is 0. The number of rotatable bonds is 4. The summed E-state index contributed by atoms with van der Waals surface area (Å²) in [6.45, 7) is 1.88. The first kappa shape index (κ1) is 12.9. The van der Waals surface area contributed by atoms with Crippen molar-refractivity contribution in [1.29, 1.82) is 0 Å². The Morgan fingerprint density at radius 3 is 2.78 bits per heavy atom. The van der Waals surface area contributed by atoms with Gasteiger partial charge in [0.2, 0.25) is 11.8 Å². The van der Waals surface area contributed by atoms with Crippen molar-refractivity contribution in [3.05, 3.63) is 24.4 Å². The number of hydrogen-bond donors (Lipinski definition) is 1. The predicted molar refractivity (Wildman–Crippen MR) is 69.3 cm³/mol. The fraction of sp³-hybridized carbons (Fsp3) is 0.571. The lowest BCUT2D eigenvalue weighted by Gasteiger charge is -2.29. The van der Waals surface area contributed by atoms with E-state index in [0.29, 0.717) is 18.3 Å². The number of ether oxygens (including phenoxy) is 1. The van der Waals surface area contributed by atoms with Gasteiger partial charge in [0.15, 0.2) is 0 Å². The monoisotopic (exact) mass is 248 g/mol. The first-order chi connectivity index (χ1) is 8.78. The first-order valence-electron chi connectivity index (χ1n) is 6.65. The van der Waals surface area contributed by atoms with Crippen LogP contribution in [0.5, 0.6) is 5.88 Å². The van der Waals surface area contributed by atoms with Gasteiger partial charge in [-0.05, 0) is 31.7 Å². The Kier molecular flexibility index (Phi) is 4.56. The largest absolute Gasteiger partial charge is 0.474 e. The Morgan fingerprint density at radius 2 is 2.17 bits per heavy atom. The maximum absolute atomic E-state index is 11.3. The van der Waals surface area contributed by atoms with Gasteiger partial charge in [0, 0.05) is 24.7 Å². The second kappa shape index (κ2) is 6.38. The van der Waals surface area contributed by atoms with E-state index in [0.717, 1.165) is 25.7 Å². The molecule has 18 heavy (non-hydrogen) atoms. The number of carbonyl (C=O) groups excluding carboxylic acids is 1. The van der Waals surface area contributed by atoms with E-state index in [1.807, 2.05) is 25.1 Å². The highest BCUT2D eigenvalue weighted by Gasteiger charge is 2.23. The third-order valence-corrected chi connectivity index (χ3v) is 3.29. The molecule has 0 unspecified atom stereocenters. The Balaban J connectivity index is 1.75. The summed E-state index contributed by atoms with van der Waals surface area (Å²) >= 11 is 0. The van der Waals surface area contributed by atoms with Gasteiger partial charge in [0.25, 0.3) is 0 Å². The molecule has 1 amide bonds. The molecule has 1 saturated carbocycles. The van der Waals surface area contributed by atoms with Gasteiger partial charge in [-0.1, -0.05) is 13.0 Å². The third-order valence-electron chi connectivity index (χ3n) is 3.29. The summed E-state index contributed by atoms with van der Waals surface area (Å²) in [6.07, 6.45) is 6.46. The molecule has 0 atom stereocenters. The molecule has 4 heteroatoms. The molecule has 1 aliphatic rings. The number of nitrogens with one attached hydrogen (secondary N) is 1. The van der Waals surface area contributed by atoms with Crippen LogP contribution in [-0.2, 0) is 4.79 Å². The van der Waals surface area contributed by atoms with Crippen LogP contribution < -0.4 is 10.1 Å². The molecule has 4 nitrogen and oxygen atoms in total. The molecular weight excluding hydrogens is 228 g/mol. The van der Waals surface area contributed by atoms with Crippen molar-refractivity contribution in [3.8, 4) is 5.88 Å². The zero-order valence-corrected chi connectivity index (χ0v) is 10.8. The van der Waals surface area contributed by atoms with Crippen molar-refractivity contribution in [3.63, 3.8) is 0 Å². The van der Waals surface area contributed by atoms with Crippen LogP contribution in [0.3, 0.4) is 0 Å². The Bertz CT molecular complexity index is 373. The van der Waals surface area contributed by atoms with Crippen LogP contribution in [0.1, 0.15) is 39.0 Å². The average molecular weight is 248 g/mol. The third kappa shape index (κ3) is 3.72. The van der Waals surface area contributed by atoms with E-state index in [1.54, 1.807) is 6.20 Å². The predicted octanol–water partition coefficient (Wildman–Crippen LogP) is 2.30. The molecule has 1 aromatic rings. The van der Waals surface area contributed by atoms with Crippen molar-refractivity contribution >= 4 is 5.91 Å². The Morgan fingerprint density at radius 1 is 1.39 bits per heavy atom. The normalized spacial score (nSPS) is 23.4. The molecular formula is C14H20N2O2. The van der Waals surface area contributed by atoms with Crippen LogP contribution in [0.2, 0.25) is 0 Å². The number of hydrogen-bond acceptors (Lipinski definition) is 3. The molecule has 0 aromatic carbocycles. The molecule has 1 heterocycles. The van der Waals surface area contributed by atoms with Gasteiger partial charge in [0.1, 0.15) is 6.10 Å². The van der Waals surface area contributed by atoms with Gasteiger partial charge in [-0.15, -0.1) is 0 Å². The fourth-order valence-electron chi connectivity index (χ4n) is 2.24. The second-order valence-electron chi connectivity index (χ2n) is 4.68. The summed E-state index contributed by atoms with van der Waals surface area (Å²) in [6, 6.07) is 6.01. The van der Waals surface area contributed by atoms with Crippen LogP contribution in [0, 0.1) is 0 Å². The topological polar surface area (TPSA) is 51.2 Å². The van der Waals surface area contributed by atoms with Gasteiger partial charge >= 0.3 is 0 Å². The zero-order chi connectivity index (χ0) is 12.8. The Labute approximate surface area is 108 Å². The molecule has 0 radical (unpaired) electrons. The maximum atomic E-state index is 11.3. The van der Waals surface area contributed by atoms with Crippen LogP contribution in [-0.4, -0.2) is 23.0 Å². The molecule has 0 aliphatic heterocycles. The molecule has 1 aliphatic carbocycles. The molecule has 1 N–H and O–H groups in total. The molecule has 1 fully saturated rings.